The number of rotatable bonds is 1. The quantitative estimate of drug-likeness (QED) is 0.389. The van der Waals surface area contributed by atoms with Crippen molar-refractivity contribution >= 4 is 28.6 Å². The zero-order valence-corrected chi connectivity index (χ0v) is 5.55. The molecule has 0 bridgehead atoms. The Labute approximate surface area is 55.1 Å². The summed E-state index contributed by atoms with van der Waals surface area (Å²) < 4.78 is -0.683. The molecule has 0 radical (unpaired) electrons. The Kier molecular flexibility index (Phi) is 2.76. The van der Waals surface area contributed by atoms with Crippen LogP contribution in [0.2, 0.25) is 0 Å². The van der Waals surface area contributed by atoms with E-state index < -0.39 is 9.89 Å². The lowest BCUT2D eigenvalue weighted by Crippen LogP contribution is -2.08. The molecule has 0 aliphatic heterocycles. The van der Waals surface area contributed by atoms with Gasteiger partial charge in [-0.2, -0.15) is 0 Å². The van der Waals surface area contributed by atoms with Crippen molar-refractivity contribution in [1.82, 2.24) is 0 Å². The van der Waals surface area contributed by atoms with Crippen molar-refractivity contribution in [2.75, 3.05) is 0 Å². The summed E-state index contributed by atoms with van der Waals surface area (Å²) in [5.74, 6) is 1.10. The molecule has 0 aromatic rings. The molecule has 0 aliphatic carbocycles. The van der Waals surface area contributed by atoms with Gasteiger partial charge in [-0.15, -0.1) is 6.42 Å². The van der Waals surface area contributed by atoms with Crippen molar-refractivity contribution in [1.29, 1.82) is 0 Å². The Morgan fingerprint density at radius 2 is 2.43 bits per heavy atom. The van der Waals surface area contributed by atoms with Crippen molar-refractivity contribution in [2.24, 2.45) is 0 Å². The third kappa shape index (κ3) is 2.45. The van der Waals surface area contributed by atoms with E-state index in [0.717, 1.165) is 0 Å². The van der Waals surface area contributed by atoms with E-state index in [9.17, 15) is 4.79 Å². The van der Waals surface area contributed by atoms with Gasteiger partial charge in [0.1, 0.15) is 0 Å². The molecule has 1 N–H and O–H groups in total. The van der Waals surface area contributed by atoms with E-state index in [1.165, 1.54) is 0 Å². The summed E-state index contributed by atoms with van der Waals surface area (Å²) in [7, 11) is 0. The minimum Gasteiger partial charge on any atom is -0.480 e. The van der Waals surface area contributed by atoms with Crippen LogP contribution in [-0.2, 0) is 4.79 Å². The summed E-state index contributed by atoms with van der Waals surface area (Å²) in [5.41, 5.74) is 0. The Balaban J connectivity index is 3.63. The SMILES string of the molecule is C#CC(I)C(=O)O. The number of alkyl halides is 1. The lowest BCUT2D eigenvalue weighted by molar-refractivity contribution is -0.134. The van der Waals surface area contributed by atoms with E-state index in [4.69, 9.17) is 11.5 Å². The van der Waals surface area contributed by atoms with E-state index in [1.807, 2.05) is 0 Å². The zero-order chi connectivity index (χ0) is 5.86. The molecule has 0 spiro atoms. The molecule has 0 fully saturated rings. The van der Waals surface area contributed by atoms with Crippen LogP contribution in [0.1, 0.15) is 0 Å². The van der Waals surface area contributed by atoms with Gasteiger partial charge in [-0.25, -0.2) is 0 Å². The zero-order valence-electron chi connectivity index (χ0n) is 3.39. The van der Waals surface area contributed by atoms with Crippen molar-refractivity contribution in [3.63, 3.8) is 0 Å². The monoisotopic (exact) mass is 210 g/mol. The number of aliphatic carboxylic acids is 1. The Morgan fingerprint density at radius 3 is 2.43 bits per heavy atom. The first-order valence-corrected chi connectivity index (χ1v) is 2.76. The molecular weight excluding hydrogens is 207 g/mol. The Hall–Kier alpha value is -0.240. The second kappa shape index (κ2) is 2.86. The van der Waals surface area contributed by atoms with Crippen LogP contribution in [-0.4, -0.2) is 15.0 Å². The van der Waals surface area contributed by atoms with Gasteiger partial charge in [-0.3, -0.25) is 4.79 Å². The van der Waals surface area contributed by atoms with Gasteiger partial charge in [0.25, 0.3) is 0 Å². The van der Waals surface area contributed by atoms with Gasteiger partial charge in [0.15, 0.2) is 3.92 Å². The Morgan fingerprint density at radius 1 is 2.00 bits per heavy atom. The van der Waals surface area contributed by atoms with Crippen LogP contribution in [0.5, 0.6) is 0 Å². The van der Waals surface area contributed by atoms with E-state index in [2.05, 4.69) is 5.92 Å². The molecule has 1 atom stereocenters. The molecule has 0 aromatic heterocycles. The van der Waals surface area contributed by atoms with Crippen molar-refractivity contribution in [3.05, 3.63) is 0 Å². The molecular formula is C4H3IO2. The molecule has 1 unspecified atom stereocenters. The smallest absolute Gasteiger partial charge is 0.328 e. The average Bonchev–Trinajstić information content (AvgIpc) is 1.65. The number of hydrogen-bond acceptors (Lipinski definition) is 1. The van der Waals surface area contributed by atoms with Crippen LogP contribution < -0.4 is 0 Å². The maximum atomic E-state index is 9.78. The predicted octanol–water partition coefficient (Wildman–Crippen LogP) is 0.508. The highest BCUT2D eigenvalue weighted by molar-refractivity contribution is 14.1. The molecule has 0 aliphatic rings. The maximum absolute atomic E-state index is 9.78. The van der Waals surface area contributed by atoms with Crippen LogP contribution in [0, 0.1) is 12.3 Å². The number of carboxylic acid groups (broad SMARTS) is 1. The van der Waals surface area contributed by atoms with Gasteiger partial charge in [-0.05, 0) is 0 Å². The number of halogens is 1. The predicted molar refractivity (Wildman–Crippen MR) is 34.3 cm³/mol. The van der Waals surface area contributed by atoms with Crippen LogP contribution in [0.3, 0.4) is 0 Å². The highest BCUT2D eigenvalue weighted by atomic mass is 127. The van der Waals surface area contributed by atoms with Gasteiger partial charge >= 0.3 is 5.97 Å². The fraction of sp³-hybridized carbons (Fsp3) is 0.250. The molecule has 7 heavy (non-hydrogen) atoms. The second-order valence-corrected chi connectivity index (χ2v) is 2.11. The average molecular weight is 210 g/mol. The molecule has 0 saturated heterocycles. The number of carboxylic acids is 1. The standard InChI is InChI=1S/C4H3IO2/c1-2-3(5)4(6)7/h1,3H,(H,6,7). The van der Waals surface area contributed by atoms with Crippen LogP contribution in [0.25, 0.3) is 0 Å². The van der Waals surface area contributed by atoms with Gasteiger partial charge in [0.2, 0.25) is 0 Å². The highest BCUT2D eigenvalue weighted by Crippen LogP contribution is 1.95. The van der Waals surface area contributed by atoms with E-state index in [-0.39, 0.29) is 0 Å². The molecule has 0 amide bonds. The fourth-order valence-electron chi connectivity index (χ4n) is 0.0713. The topological polar surface area (TPSA) is 37.3 Å². The summed E-state index contributed by atoms with van der Waals surface area (Å²) in [4.78, 5) is 9.78. The highest BCUT2D eigenvalue weighted by Gasteiger charge is 2.05. The van der Waals surface area contributed by atoms with Gasteiger partial charge in [0, 0.05) is 0 Å². The lowest BCUT2D eigenvalue weighted by atomic mass is 10.5. The van der Waals surface area contributed by atoms with E-state index in [0.29, 0.717) is 0 Å². The lowest BCUT2D eigenvalue weighted by Gasteiger charge is -1.87. The van der Waals surface area contributed by atoms with Crippen LogP contribution in [0.15, 0.2) is 0 Å². The largest absolute Gasteiger partial charge is 0.480 e. The molecule has 38 valence electrons. The molecule has 0 saturated carbocycles. The third-order valence-corrected chi connectivity index (χ3v) is 1.26. The first-order chi connectivity index (χ1) is 3.18. The number of carbonyl (C=O) groups is 1. The summed E-state index contributed by atoms with van der Waals surface area (Å²) >= 11 is 1.66. The summed E-state index contributed by atoms with van der Waals surface area (Å²) in [6.45, 7) is 0. The normalized spacial score (nSPS) is 12.0. The summed E-state index contributed by atoms with van der Waals surface area (Å²) in [5, 5.41) is 8.03. The minimum atomic E-state index is -0.955. The first kappa shape index (κ1) is 6.76. The summed E-state index contributed by atoms with van der Waals surface area (Å²) in [6, 6.07) is 0. The van der Waals surface area contributed by atoms with Gasteiger partial charge in [0.05, 0.1) is 0 Å². The molecule has 0 rings (SSSR count). The van der Waals surface area contributed by atoms with Crippen molar-refractivity contribution in [3.8, 4) is 12.3 Å². The molecule has 0 heterocycles. The van der Waals surface area contributed by atoms with Gasteiger partial charge in [-0.1, -0.05) is 28.5 Å². The van der Waals surface area contributed by atoms with Gasteiger partial charge < -0.3 is 5.11 Å². The molecule has 0 aromatic carbocycles. The van der Waals surface area contributed by atoms with Crippen LogP contribution >= 0.6 is 22.6 Å². The van der Waals surface area contributed by atoms with Crippen LogP contribution in [0.4, 0.5) is 0 Å². The molecule has 2 nitrogen and oxygen atoms in total. The number of hydrogen-bond donors (Lipinski definition) is 1. The third-order valence-electron chi connectivity index (χ3n) is 0.363. The second-order valence-electron chi connectivity index (χ2n) is 0.867. The number of terminal acetylenes is 1. The molecule has 3 heteroatoms. The van der Waals surface area contributed by atoms with Crippen molar-refractivity contribution < 1.29 is 9.90 Å². The fourth-order valence-corrected chi connectivity index (χ4v) is 0.0713. The van der Waals surface area contributed by atoms with E-state index >= 15 is 0 Å². The van der Waals surface area contributed by atoms with Crippen molar-refractivity contribution in [2.45, 2.75) is 3.92 Å². The minimum absolute atomic E-state index is 0.683. The van der Waals surface area contributed by atoms with E-state index in [1.54, 1.807) is 22.6 Å². The maximum Gasteiger partial charge on any atom is 0.328 e. The Bertz CT molecular complexity index is 113. The first-order valence-electron chi connectivity index (χ1n) is 1.51. The summed E-state index contributed by atoms with van der Waals surface area (Å²) in [6.07, 6.45) is 4.73.